The van der Waals surface area contributed by atoms with Gasteiger partial charge in [0.25, 0.3) is 0 Å². The average Bonchev–Trinajstić information content (AvgIpc) is 3.30. The zero-order chi connectivity index (χ0) is 24.6. The van der Waals surface area contributed by atoms with Crippen LogP contribution >= 0.6 is 15.9 Å². The van der Waals surface area contributed by atoms with E-state index in [9.17, 15) is 0 Å². The van der Waals surface area contributed by atoms with Gasteiger partial charge in [0.1, 0.15) is 5.75 Å². The molecule has 4 aromatic rings. The minimum Gasteiger partial charge on any atom is -0.497 e. The second kappa shape index (κ2) is 11.9. The van der Waals surface area contributed by atoms with Crippen molar-refractivity contribution < 1.29 is 4.74 Å². The summed E-state index contributed by atoms with van der Waals surface area (Å²) >= 11 is 3.63. The molecule has 0 aliphatic rings. The molecule has 3 aromatic carbocycles. The summed E-state index contributed by atoms with van der Waals surface area (Å²) in [6.45, 7) is 2.88. The lowest BCUT2D eigenvalue weighted by molar-refractivity contribution is 0.415. The second-order valence-corrected chi connectivity index (χ2v) is 9.45. The lowest BCUT2D eigenvalue weighted by Gasteiger charge is -2.19. The van der Waals surface area contributed by atoms with E-state index in [1.165, 1.54) is 16.8 Å². The third-order valence-corrected chi connectivity index (χ3v) is 6.63. The molecule has 0 aliphatic carbocycles. The summed E-state index contributed by atoms with van der Waals surface area (Å²) in [4.78, 5) is 0. The van der Waals surface area contributed by atoms with Gasteiger partial charge in [-0.3, -0.25) is 4.68 Å². The molecule has 1 N–H and O–H groups in total. The maximum atomic E-state index is 5.38. The number of allylic oxidation sites excluding steroid dienone is 2. The Labute approximate surface area is 216 Å². The summed E-state index contributed by atoms with van der Waals surface area (Å²) in [6, 6.07) is 29.5. The van der Waals surface area contributed by atoms with Gasteiger partial charge in [0, 0.05) is 28.7 Å². The van der Waals surface area contributed by atoms with E-state index in [0.29, 0.717) is 6.54 Å². The van der Waals surface area contributed by atoms with Gasteiger partial charge in [-0.1, -0.05) is 71.4 Å². The summed E-state index contributed by atoms with van der Waals surface area (Å²) in [5.41, 5.74) is 6.95. The van der Waals surface area contributed by atoms with Gasteiger partial charge in [-0.05, 0) is 66.4 Å². The van der Waals surface area contributed by atoms with Gasteiger partial charge >= 0.3 is 0 Å². The Kier molecular flexibility index (Phi) is 8.43. The van der Waals surface area contributed by atoms with E-state index < -0.39 is 0 Å². The summed E-state index contributed by atoms with van der Waals surface area (Å²) in [6.07, 6.45) is 4.09. The van der Waals surface area contributed by atoms with Crippen LogP contribution in [0, 0.1) is 0 Å². The van der Waals surface area contributed by atoms with Crippen LogP contribution < -0.4 is 10.1 Å². The predicted molar refractivity (Wildman–Crippen MR) is 148 cm³/mol. The Hall–Kier alpha value is -3.31. The summed E-state index contributed by atoms with van der Waals surface area (Å²) in [5, 5.41) is 8.64. The SMILES string of the molecule is CC/C=C(/NC)[C@H](Cc1cccc(Br)c1)c1cc(-c2ccc(OC)cc2)n(Cc2ccccc2)n1. The first-order chi connectivity index (χ1) is 17.1. The normalized spacial score (nSPS) is 12.4. The Balaban J connectivity index is 1.80. The number of methoxy groups -OCH3 is 1. The molecule has 5 heteroatoms. The second-order valence-electron chi connectivity index (χ2n) is 8.53. The van der Waals surface area contributed by atoms with E-state index >= 15 is 0 Å². The molecule has 0 radical (unpaired) electrons. The van der Waals surface area contributed by atoms with Crippen molar-refractivity contribution >= 4 is 15.9 Å². The number of benzene rings is 3. The minimum absolute atomic E-state index is 0.114. The van der Waals surface area contributed by atoms with Gasteiger partial charge in [-0.2, -0.15) is 5.10 Å². The van der Waals surface area contributed by atoms with Crippen molar-refractivity contribution in [2.45, 2.75) is 32.2 Å². The van der Waals surface area contributed by atoms with Crippen molar-refractivity contribution in [1.29, 1.82) is 0 Å². The van der Waals surface area contributed by atoms with Crippen molar-refractivity contribution in [3.8, 4) is 17.0 Å². The number of aromatic nitrogens is 2. The number of ether oxygens (including phenoxy) is 1. The molecule has 4 rings (SSSR count). The van der Waals surface area contributed by atoms with Gasteiger partial charge in [0.05, 0.1) is 25.0 Å². The smallest absolute Gasteiger partial charge is 0.118 e. The molecular formula is C30H32BrN3O. The molecule has 0 saturated carbocycles. The average molecular weight is 531 g/mol. The van der Waals surface area contributed by atoms with Crippen LogP contribution in [-0.2, 0) is 13.0 Å². The topological polar surface area (TPSA) is 39.1 Å². The molecule has 4 nitrogen and oxygen atoms in total. The molecule has 1 heterocycles. The number of rotatable bonds is 10. The first-order valence-corrected chi connectivity index (χ1v) is 12.8. The first-order valence-electron chi connectivity index (χ1n) is 12.0. The van der Waals surface area contributed by atoms with Crippen LogP contribution in [0.25, 0.3) is 11.3 Å². The summed E-state index contributed by atoms with van der Waals surface area (Å²) in [5.74, 6) is 0.960. The number of hydrogen-bond donors (Lipinski definition) is 1. The van der Waals surface area contributed by atoms with E-state index in [-0.39, 0.29) is 5.92 Å². The number of likely N-dealkylation sites (N-methyl/N-ethyl adjacent to an activating group) is 1. The standard InChI is InChI=1S/C30H32BrN3O/c1-4-9-28(32-2)27(19-23-12-8-13-25(31)18-23)29-20-30(24-14-16-26(35-3)17-15-24)34(33-29)21-22-10-6-5-7-11-22/h5-18,20,27,32H,4,19,21H2,1-3H3/b28-9+/t27-/m0/s1. The van der Waals surface area contributed by atoms with E-state index in [1.54, 1.807) is 7.11 Å². The van der Waals surface area contributed by atoms with Gasteiger partial charge in [0.2, 0.25) is 0 Å². The zero-order valence-electron chi connectivity index (χ0n) is 20.5. The molecular weight excluding hydrogens is 498 g/mol. The van der Waals surface area contributed by atoms with Gasteiger partial charge in [-0.15, -0.1) is 0 Å². The van der Waals surface area contributed by atoms with Gasteiger partial charge < -0.3 is 10.1 Å². The lowest BCUT2D eigenvalue weighted by Crippen LogP contribution is -2.18. The highest BCUT2D eigenvalue weighted by Crippen LogP contribution is 2.32. The molecule has 1 aromatic heterocycles. The fraction of sp³-hybridized carbons (Fsp3) is 0.233. The third kappa shape index (κ3) is 6.23. The Morgan fingerprint density at radius 3 is 2.40 bits per heavy atom. The molecule has 35 heavy (non-hydrogen) atoms. The fourth-order valence-electron chi connectivity index (χ4n) is 4.39. The van der Waals surface area contributed by atoms with Crippen LogP contribution in [0.1, 0.15) is 36.1 Å². The molecule has 0 amide bonds. The van der Waals surface area contributed by atoms with Crippen molar-refractivity contribution in [2.24, 2.45) is 0 Å². The maximum Gasteiger partial charge on any atom is 0.118 e. The van der Waals surface area contributed by atoms with Crippen molar-refractivity contribution in [3.05, 3.63) is 118 Å². The molecule has 0 aliphatic heterocycles. The maximum absolute atomic E-state index is 5.38. The number of hydrogen-bond acceptors (Lipinski definition) is 3. The number of nitrogens with zero attached hydrogens (tertiary/aromatic N) is 2. The van der Waals surface area contributed by atoms with Crippen LogP contribution in [-0.4, -0.2) is 23.9 Å². The monoisotopic (exact) mass is 529 g/mol. The predicted octanol–water partition coefficient (Wildman–Crippen LogP) is 7.21. The van der Waals surface area contributed by atoms with Crippen molar-refractivity contribution in [1.82, 2.24) is 15.1 Å². The molecule has 0 spiro atoms. The highest BCUT2D eigenvalue weighted by atomic mass is 79.9. The highest BCUT2D eigenvalue weighted by Gasteiger charge is 2.22. The molecule has 0 bridgehead atoms. The molecule has 0 fully saturated rings. The van der Waals surface area contributed by atoms with Crippen LogP contribution in [0.2, 0.25) is 0 Å². The quantitative estimate of drug-likeness (QED) is 0.236. The van der Waals surface area contributed by atoms with Crippen LogP contribution in [0.5, 0.6) is 5.75 Å². The zero-order valence-corrected chi connectivity index (χ0v) is 22.1. The highest BCUT2D eigenvalue weighted by molar-refractivity contribution is 9.10. The Morgan fingerprint density at radius 1 is 1.00 bits per heavy atom. The third-order valence-electron chi connectivity index (χ3n) is 6.13. The van der Waals surface area contributed by atoms with Crippen molar-refractivity contribution in [3.63, 3.8) is 0 Å². The lowest BCUT2D eigenvalue weighted by atomic mass is 9.92. The summed E-state index contributed by atoms with van der Waals surface area (Å²) < 4.78 is 8.60. The minimum atomic E-state index is 0.114. The van der Waals surface area contributed by atoms with Crippen molar-refractivity contribution in [2.75, 3.05) is 14.2 Å². The van der Waals surface area contributed by atoms with Gasteiger partial charge in [0.15, 0.2) is 0 Å². The largest absolute Gasteiger partial charge is 0.497 e. The molecule has 0 saturated heterocycles. The van der Waals surface area contributed by atoms with Crippen LogP contribution in [0.3, 0.4) is 0 Å². The van der Waals surface area contributed by atoms with E-state index in [1.807, 2.05) is 25.2 Å². The van der Waals surface area contributed by atoms with Crippen LogP contribution in [0.15, 0.2) is 101 Å². The Morgan fingerprint density at radius 2 is 1.74 bits per heavy atom. The fourth-order valence-corrected chi connectivity index (χ4v) is 4.84. The molecule has 0 unspecified atom stereocenters. The molecule has 180 valence electrons. The van der Waals surface area contributed by atoms with E-state index in [0.717, 1.165) is 40.0 Å². The van der Waals surface area contributed by atoms with Gasteiger partial charge in [-0.25, -0.2) is 0 Å². The Bertz CT molecular complexity index is 1260. The van der Waals surface area contributed by atoms with E-state index in [2.05, 4.69) is 106 Å². The first kappa shape index (κ1) is 24.8. The summed E-state index contributed by atoms with van der Waals surface area (Å²) in [7, 11) is 3.69. The number of halogens is 1. The molecule has 1 atom stereocenters. The van der Waals surface area contributed by atoms with Crippen LogP contribution in [0.4, 0.5) is 0 Å². The van der Waals surface area contributed by atoms with E-state index in [4.69, 9.17) is 9.84 Å². The number of nitrogens with one attached hydrogen (secondary N) is 1.